The van der Waals surface area contributed by atoms with E-state index in [1.54, 1.807) is 0 Å². The first-order valence-corrected chi connectivity index (χ1v) is 7.29. The molecule has 1 rings (SSSR count). The van der Waals surface area contributed by atoms with E-state index in [-0.39, 0.29) is 0 Å². The zero-order valence-electron chi connectivity index (χ0n) is 12.1. The summed E-state index contributed by atoms with van der Waals surface area (Å²) in [7, 11) is 0. The Morgan fingerprint density at radius 1 is 1.12 bits per heavy atom. The Morgan fingerprint density at radius 3 is 2.41 bits per heavy atom. The number of hydrogen-bond acceptors (Lipinski definition) is 0. The summed E-state index contributed by atoms with van der Waals surface area (Å²) in [6, 6.07) is 0.575. The summed E-state index contributed by atoms with van der Waals surface area (Å²) in [5, 5.41) is 0. The molecule has 0 bridgehead atoms. The van der Waals surface area contributed by atoms with Gasteiger partial charge in [-0.2, -0.15) is 0 Å². The Hall–Kier alpha value is -0.790. The molecule has 0 fully saturated rings. The van der Waals surface area contributed by atoms with Crippen LogP contribution in [0.5, 0.6) is 0 Å². The zero-order chi connectivity index (χ0) is 12.7. The van der Waals surface area contributed by atoms with Gasteiger partial charge >= 0.3 is 0 Å². The highest BCUT2D eigenvalue weighted by molar-refractivity contribution is 4.85. The summed E-state index contributed by atoms with van der Waals surface area (Å²) in [4.78, 5) is 0. The van der Waals surface area contributed by atoms with E-state index in [1.165, 1.54) is 44.5 Å². The van der Waals surface area contributed by atoms with Crippen LogP contribution in [0.25, 0.3) is 0 Å². The second-order valence-electron chi connectivity index (χ2n) is 5.18. The fourth-order valence-corrected chi connectivity index (χ4v) is 2.42. The lowest BCUT2D eigenvalue weighted by molar-refractivity contribution is -0.704. The standard InChI is InChI=1S/C15H29N2/c1-5-7-8-9-10-11-16-12-13-17(14(3)4)15(16)6-2/h12-14H,5-11H2,1-4H3/q+1. The van der Waals surface area contributed by atoms with Crippen LogP contribution in [0.3, 0.4) is 0 Å². The molecule has 2 heteroatoms. The third-order valence-electron chi connectivity index (χ3n) is 3.41. The summed E-state index contributed by atoms with van der Waals surface area (Å²) in [5.74, 6) is 1.47. The lowest BCUT2D eigenvalue weighted by atomic mass is 10.1. The van der Waals surface area contributed by atoms with E-state index in [0.717, 1.165) is 6.42 Å². The van der Waals surface area contributed by atoms with Crippen molar-refractivity contribution in [2.75, 3.05) is 0 Å². The summed E-state index contributed by atoms with van der Waals surface area (Å²) in [6.07, 6.45) is 12.4. The molecule has 0 aliphatic rings. The predicted octanol–water partition coefficient (Wildman–Crippen LogP) is 3.89. The maximum atomic E-state index is 2.44. The Labute approximate surface area is 107 Å². The van der Waals surface area contributed by atoms with Crippen molar-refractivity contribution >= 4 is 0 Å². The molecule has 0 atom stereocenters. The molecule has 0 aliphatic carbocycles. The minimum atomic E-state index is 0.575. The van der Waals surface area contributed by atoms with Crippen molar-refractivity contribution in [3.63, 3.8) is 0 Å². The van der Waals surface area contributed by atoms with E-state index in [1.807, 2.05) is 0 Å². The first kappa shape index (κ1) is 14.3. The first-order chi connectivity index (χ1) is 8.20. The van der Waals surface area contributed by atoms with Gasteiger partial charge in [0, 0.05) is 6.42 Å². The second kappa shape index (κ2) is 7.52. The molecular weight excluding hydrogens is 208 g/mol. The lowest BCUT2D eigenvalue weighted by Crippen LogP contribution is -2.37. The molecule has 0 spiro atoms. The van der Waals surface area contributed by atoms with Gasteiger partial charge in [-0.1, -0.05) is 33.1 Å². The summed E-state index contributed by atoms with van der Waals surface area (Å²) < 4.78 is 4.83. The van der Waals surface area contributed by atoms with Crippen molar-refractivity contribution in [1.29, 1.82) is 0 Å². The number of hydrogen-bond donors (Lipinski definition) is 0. The number of imidazole rings is 1. The summed E-state index contributed by atoms with van der Waals surface area (Å²) in [5.41, 5.74) is 0. The third kappa shape index (κ3) is 4.18. The fraction of sp³-hybridized carbons (Fsp3) is 0.800. The van der Waals surface area contributed by atoms with Crippen LogP contribution in [-0.2, 0) is 13.0 Å². The first-order valence-electron chi connectivity index (χ1n) is 7.29. The monoisotopic (exact) mass is 237 g/mol. The highest BCUT2D eigenvalue weighted by Gasteiger charge is 2.16. The van der Waals surface area contributed by atoms with E-state index in [9.17, 15) is 0 Å². The summed E-state index contributed by atoms with van der Waals surface area (Å²) in [6.45, 7) is 10.2. The third-order valence-corrected chi connectivity index (χ3v) is 3.41. The van der Waals surface area contributed by atoms with Crippen LogP contribution >= 0.6 is 0 Å². The molecule has 17 heavy (non-hydrogen) atoms. The maximum absolute atomic E-state index is 2.44. The molecule has 0 amide bonds. The normalized spacial score (nSPS) is 11.4. The van der Waals surface area contributed by atoms with Crippen molar-refractivity contribution in [1.82, 2.24) is 4.57 Å². The summed E-state index contributed by atoms with van der Waals surface area (Å²) >= 11 is 0. The smallest absolute Gasteiger partial charge is 0.234 e. The minimum absolute atomic E-state index is 0.575. The van der Waals surface area contributed by atoms with E-state index >= 15 is 0 Å². The molecule has 1 heterocycles. The van der Waals surface area contributed by atoms with Crippen LogP contribution in [0.15, 0.2) is 12.4 Å². The highest BCUT2D eigenvalue weighted by Crippen LogP contribution is 2.08. The van der Waals surface area contributed by atoms with Crippen molar-refractivity contribution in [2.24, 2.45) is 0 Å². The van der Waals surface area contributed by atoms with E-state index in [2.05, 4.69) is 49.2 Å². The van der Waals surface area contributed by atoms with Crippen molar-refractivity contribution in [3.8, 4) is 0 Å². The molecule has 0 aromatic carbocycles. The highest BCUT2D eigenvalue weighted by atomic mass is 15.2. The Balaban J connectivity index is 2.47. The van der Waals surface area contributed by atoms with Crippen LogP contribution in [0.1, 0.15) is 71.7 Å². The molecule has 0 radical (unpaired) electrons. The number of rotatable bonds is 8. The minimum Gasteiger partial charge on any atom is -0.234 e. The van der Waals surface area contributed by atoms with Gasteiger partial charge in [-0.05, 0) is 26.7 Å². The van der Waals surface area contributed by atoms with E-state index in [0.29, 0.717) is 6.04 Å². The molecule has 0 N–H and O–H groups in total. The molecule has 0 saturated heterocycles. The average Bonchev–Trinajstić information content (AvgIpc) is 2.71. The Morgan fingerprint density at radius 2 is 1.82 bits per heavy atom. The van der Waals surface area contributed by atoms with Gasteiger partial charge in [-0.3, -0.25) is 0 Å². The number of unbranched alkanes of at least 4 members (excludes halogenated alkanes) is 4. The topological polar surface area (TPSA) is 8.81 Å². The van der Waals surface area contributed by atoms with Crippen LogP contribution in [0.4, 0.5) is 0 Å². The fourth-order valence-electron chi connectivity index (χ4n) is 2.42. The second-order valence-corrected chi connectivity index (χ2v) is 5.18. The van der Waals surface area contributed by atoms with Gasteiger partial charge in [-0.25, -0.2) is 9.13 Å². The van der Waals surface area contributed by atoms with Gasteiger partial charge in [0.15, 0.2) is 0 Å². The van der Waals surface area contributed by atoms with Crippen LogP contribution in [-0.4, -0.2) is 4.57 Å². The van der Waals surface area contributed by atoms with Gasteiger partial charge in [0.2, 0.25) is 0 Å². The van der Waals surface area contributed by atoms with E-state index < -0.39 is 0 Å². The number of nitrogens with zero attached hydrogens (tertiary/aromatic N) is 2. The number of aromatic nitrogens is 2. The van der Waals surface area contributed by atoms with Gasteiger partial charge in [0.1, 0.15) is 12.4 Å². The quantitative estimate of drug-likeness (QED) is 0.479. The Bertz CT molecular complexity index is 313. The van der Waals surface area contributed by atoms with Crippen LogP contribution in [0.2, 0.25) is 0 Å². The predicted molar refractivity (Wildman–Crippen MR) is 73.1 cm³/mol. The molecular formula is C15H29N2+. The molecule has 0 aliphatic heterocycles. The van der Waals surface area contributed by atoms with Crippen LogP contribution < -0.4 is 4.57 Å². The molecule has 0 unspecified atom stereocenters. The molecule has 2 nitrogen and oxygen atoms in total. The zero-order valence-corrected chi connectivity index (χ0v) is 12.1. The van der Waals surface area contributed by atoms with Gasteiger partial charge in [-0.15, -0.1) is 0 Å². The van der Waals surface area contributed by atoms with Crippen molar-refractivity contribution in [2.45, 2.75) is 78.8 Å². The SMILES string of the molecule is CCCCCCC[n+]1ccn(C(C)C)c1CC. The molecule has 98 valence electrons. The van der Waals surface area contributed by atoms with Gasteiger partial charge in [0.05, 0.1) is 12.6 Å². The molecule has 0 saturated carbocycles. The maximum Gasteiger partial charge on any atom is 0.256 e. The Kier molecular flexibility index (Phi) is 6.31. The van der Waals surface area contributed by atoms with Crippen molar-refractivity contribution < 1.29 is 4.57 Å². The average molecular weight is 237 g/mol. The lowest BCUT2D eigenvalue weighted by Gasteiger charge is -2.05. The molecule has 1 aromatic heterocycles. The van der Waals surface area contributed by atoms with Crippen LogP contribution in [0, 0.1) is 0 Å². The molecule has 1 aromatic rings. The van der Waals surface area contributed by atoms with Gasteiger partial charge in [0.25, 0.3) is 5.82 Å². The van der Waals surface area contributed by atoms with Gasteiger partial charge < -0.3 is 0 Å². The van der Waals surface area contributed by atoms with Crippen molar-refractivity contribution in [3.05, 3.63) is 18.2 Å². The number of aryl methyl sites for hydroxylation is 1. The largest absolute Gasteiger partial charge is 0.256 e. The van der Waals surface area contributed by atoms with E-state index in [4.69, 9.17) is 0 Å².